The van der Waals surface area contributed by atoms with Crippen molar-refractivity contribution < 1.29 is 27.5 Å². The van der Waals surface area contributed by atoms with Gasteiger partial charge in [0.05, 0.1) is 5.41 Å². The van der Waals surface area contributed by atoms with E-state index < -0.39 is 17.4 Å². The van der Waals surface area contributed by atoms with Crippen LogP contribution in [0.5, 0.6) is 5.75 Å². The number of piperazine rings is 1. The molecule has 0 aliphatic carbocycles. The number of aldehydes is 1. The van der Waals surface area contributed by atoms with Crippen molar-refractivity contribution in [3.05, 3.63) is 41.5 Å². The highest BCUT2D eigenvalue weighted by molar-refractivity contribution is 5.83. The fourth-order valence-electron chi connectivity index (χ4n) is 5.46. The Labute approximate surface area is 224 Å². The number of benzene rings is 1. The van der Waals surface area contributed by atoms with Crippen LogP contribution >= 0.6 is 0 Å². The van der Waals surface area contributed by atoms with Crippen molar-refractivity contribution in [1.82, 2.24) is 29.6 Å². The van der Waals surface area contributed by atoms with Crippen molar-refractivity contribution in [2.24, 2.45) is 5.10 Å². The van der Waals surface area contributed by atoms with E-state index in [1.54, 1.807) is 6.92 Å². The maximum Gasteiger partial charge on any atom is 0.453 e. The summed E-state index contributed by atoms with van der Waals surface area (Å²) >= 11 is 0. The normalized spacial score (nSPS) is 19.8. The lowest BCUT2D eigenvalue weighted by Crippen LogP contribution is -2.48. The van der Waals surface area contributed by atoms with Crippen LogP contribution in [0.3, 0.4) is 0 Å². The summed E-state index contributed by atoms with van der Waals surface area (Å²) in [4.78, 5) is 29.8. The molecule has 39 heavy (non-hydrogen) atoms. The lowest BCUT2D eigenvalue weighted by atomic mass is 9.74. The van der Waals surface area contributed by atoms with Crippen LogP contribution in [0.1, 0.15) is 43.4 Å². The van der Waals surface area contributed by atoms with Gasteiger partial charge in [-0.2, -0.15) is 22.9 Å². The van der Waals surface area contributed by atoms with Crippen molar-refractivity contribution in [3.8, 4) is 5.75 Å². The van der Waals surface area contributed by atoms with Gasteiger partial charge < -0.3 is 19.3 Å². The number of alkyl halides is 3. The minimum absolute atomic E-state index is 0.109. The number of piperidine rings is 1. The van der Waals surface area contributed by atoms with Crippen molar-refractivity contribution in [1.29, 1.82) is 0 Å². The number of carbonyl (C=O) groups excluding carboxylic acids is 2. The molecule has 2 fully saturated rings. The maximum atomic E-state index is 13.3. The number of nitrogens with zero attached hydrogens (tertiary/aromatic N) is 7. The van der Waals surface area contributed by atoms with Gasteiger partial charge in [0.25, 0.3) is 5.82 Å². The Bertz CT molecular complexity index is 1210. The largest absolute Gasteiger partial charge is 0.492 e. The van der Waals surface area contributed by atoms with Gasteiger partial charge in [0.1, 0.15) is 24.5 Å². The molecule has 4 heterocycles. The van der Waals surface area contributed by atoms with E-state index in [1.807, 2.05) is 34.1 Å². The Morgan fingerprint density at radius 1 is 1.03 bits per heavy atom. The van der Waals surface area contributed by atoms with E-state index in [0.717, 1.165) is 55.0 Å². The zero-order chi connectivity index (χ0) is 27.6. The van der Waals surface area contributed by atoms with Gasteiger partial charge in [-0.15, -0.1) is 10.2 Å². The van der Waals surface area contributed by atoms with Crippen LogP contribution in [-0.2, 0) is 27.6 Å². The molecule has 0 spiro atoms. The summed E-state index contributed by atoms with van der Waals surface area (Å²) in [5.74, 6) is 0.466. The van der Waals surface area contributed by atoms with Crippen molar-refractivity contribution in [2.45, 2.75) is 44.2 Å². The fourth-order valence-corrected chi connectivity index (χ4v) is 5.46. The molecule has 0 saturated carbocycles. The van der Waals surface area contributed by atoms with Crippen LogP contribution in [0.15, 0.2) is 29.4 Å². The first kappa shape index (κ1) is 27.1. The number of likely N-dealkylation sites (tertiary alicyclic amines) is 1. The molecule has 0 radical (unpaired) electrons. The molecule has 0 bridgehead atoms. The molecule has 13 heteroatoms. The molecule has 2 saturated heterocycles. The monoisotopic (exact) mass is 547 g/mol. The van der Waals surface area contributed by atoms with Crippen LogP contribution in [0.4, 0.5) is 13.2 Å². The van der Waals surface area contributed by atoms with E-state index >= 15 is 0 Å². The standard InChI is InChI=1S/C26H32F3N7O3/c1-19(38)34-14-12-33(13-15-34)16-17-39-21-4-2-20(3-5-21)25(18-37)8-10-35(11-9-25)23-7-6-22-30-31-24(26(27,28)29)36(22)32-23/h2-5,18H,6-17H2,1H3. The van der Waals surface area contributed by atoms with Gasteiger partial charge in [-0.3, -0.25) is 9.69 Å². The van der Waals surface area contributed by atoms with Crippen molar-refractivity contribution in [2.75, 3.05) is 52.4 Å². The molecule has 2 aromatic rings. The number of fused-ring (bicyclic) bond motifs is 1. The molecular weight excluding hydrogens is 515 g/mol. The van der Waals surface area contributed by atoms with Crippen LogP contribution < -0.4 is 4.74 Å². The summed E-state index contributed by atoms with van der Waals surface area (Å²) in [7, 11) is 0. The number of ether oxygens (including phenoxy) is 1. The number of rotatable bonds is 6. The van der Waals surface area contributed by atoms with E-state index in [4.69, 9.17) is 4.74 Å². The summed E-state index contributed by atoms with van der Waals surface area (Å²) in [6.07, 6.45) is -1.78. The number of hydrogen-bond donors (Lipinski definition) is 0. The predicted octanol–water partition coefficient (Wildman–Crippen LogP) is 2.18. The number of amides is 1. The second-order valence-corrected chi connectivity index (χ2v) is 10.2. The molecule has 0 N–H and O–H groups in total. The van der Waals surface area contributed by atoms with E-state index in [-0.39, 0.29) is 11.7 Å². The first-order valence-electron chi connectivity index (χ1n) is 13.2. The highest BCUT2D eigenvalue weighted by Crippen LogP contribution is 2.36. The predicted molar refractivity (Wildman–Crippen MR) is 135 cm³/mol. The average molecular weight is 548 g/mol. The minimum atomic E-state index is -4.63. The van der Waals surface area contributed by atoms with Gasteiger partial charge in [-0.1, -0.05) is 12.1 Å². The quantitative estimate of drug-likeness (QED) is 0.512. The summed E-state index contributed by atoms with van der Waals surface area (Å²) in [6, 6.07) is 7.58. The summed E-state index contributed by atoms with van der Waals surface area (Å²) in [5.41, 5.74) is 0.232. The number of amidine groups is 1. The molecule has 5 rings (SSSR count). The van der Waals surface area contributed by atoms with E-state index in [2.05, 4.69) is 20.2 Å². The molecule has 1 aromatic carbocycles. The van der Waals surface area contributed by atoms with Gasteiger partial charge in [-0.05, 0) is 30.5 Å². The molecule has 1 aromatic heterocycles. The Balaban J connectivity index is 1.16. The Hall–Kier alpha value is -3.48. The van der Waals surface area contributed by atoms with E-state index in [1.165, 1.54) is 0 Å². The maximum absolute atomic E-state index is 13.3. The van der Waals surface area contributed by atoms with Crippen LogP contribution in [0, 0.1) is 0 Å². The molecular formula is C26H32F3N7O3. The van der Waals surface area contributed by atoms with E-state index in [9.17, 15) is 22.8 Å². The molecule has 1 amide bonds. The smallest absolute Gasteiger partial charge is 0.453 e. The number of hydrogen-bond acceptors (Lipinski definition) is 8. The average Bonchev–Trinajstić information content (AvgIpc) is 3.38. The van der Waals surface area contributed by atoms with Gasteiger partial charge >= 0.3 is 6.18 Å². The number of carbonyl (C=O) groups is 2. The summed E-state index contributed by atoms with van der Waals surface area (Å²) in [5, 5.41) is 11.1. The Morgan fingerprint density at radius 3 is 2.33 bits per heavy atom. The SMILES string of the molecule is CC(=O)N1CCN(CCOc2ccc(C3(C=O)CCN(C4=Nn5c(nnc5C(F)(F)F)CC4)CC3)cc2)CC1. The number of aryl methyl sites for hydroxylation is 1. The molecule has 0 unspecified atom stereocenters. The molecule has 3 aliphatic rings. The third-order valence-electron chi connectivity index (χ3n) is 7.92. The van der Waals surface area contributed by atoms with Gasteiger partial charge in [0.2, 0.25) is 5.91 Å². The zero-order valence-electron chi connectivity index (χ0n) is 21.9. The Kier molecular flexibility index (Phi) is 7.61. The molecule has 0 atom stereocenters. The lowest BCUT2D eigenvalue weighted by molar-refractivity contribution is -0.147. The van der Waals surface area contributed by atoms with Crippen molar-refractivity contribution in [3.63, 3.8) is 0 Å². The first-order valence-corrected chi connectivity index (χ1v) is 13.2. The van der Waals surface area contributed by atoms with Gasteiger partial charge in [0.15, 0.2) is 5.82 Å². The summed E-state index contributed by atoms with van der Waals surface area (Å²) in [6.45, 7) is 7.03. The van der Waals surface area contributed by atoms with Crippen LogP contribution in [0.25, 0.3) is 0 Å². The topological polar surface area (TPSA) is 96.2 Å². The number of aromatic nitrogens is 3. The molecule has 3 aliphatic heterocycles. The van der Waals surface area contributed by atoms with Gasteiger partial charge in [0, 0.05) is 65.6 Å². The first-order chi connectivity index (χ1) is 18.7. The van der Waals surface area contributed by atoms with Crippen LogP contribution in [-0.4, -0.2) is 100 Å². The highest BCUT2D eigenvalue weighted by Gasteiger charge is 2.41. The third-order valence-corrected chi connectivity index (χ3v) is 7.92. The second-order valence-electron chi connectivity index (χ2n) is 10.2. The second kappa shape index (κ2) is 10.9. The molecule has 10 nitrogen and oxygen atoms in total. The highest BCUT2D eigenvalue weighted by atomic mass is 19.4. The zero-order valence-corrected chi connectivity index (χ0v) is 21.9. The summed E-state index contributed by atoms with van der Waals surface area (Å²) < 4.78 is 46.5. The van der Waals surface area contributed by atoms with Gasteiger partial charge in [-0.25, -0.2) is 0 Å². The van der Waals surface area contributed by atoms with Crippen LogP contribution in [0.2, 0.25) is 0 Å². The van der Waals surface area contributed by atoms with Crippen molar-refractivity contribution >= 4 is 18.0 Å². The minimum Gasteiger partial charge on any atom is -0.492 e. The third kappa shape index (κ3) is 5.77. The lowest BCUT2D eigenvalue weighted by Gasteiger charge is -2.40. The number of halogens is 3. The Morgan fingerprint density at radius 2 is 1.72 bits per heavy atom. The fraction of sp³-hybridized carbons (Fsp3) is 0.577. The van der Waals surface area contributed by atoms with E-state index in [0.29, 0.717) is 51.2 Å². The molecule has 210 valence electrons.